The van der Waals surface area contributed by atoms with Gasteiger partial charge in [-0.1, -0.05) is 0 Å². The minimum atomic E-state index is 0.608. The third-order valence-corrected chi connectivity index (χ3v) is 1.39. The first-order valence-electron chi connectivity index (χ1n) is 2.46. The average molecular weight is 132 g/mol. The van der Waals surface area contributed by atoms with Gasteiger partial charge < -0.3 is 9.47 Å². The van der Waals surface area contributed by atoms with Gasteiger partial charge in [0.2, 0.25) is 0 Å². The van der Waals surface area contributed by atoms with Gasteiger partial charge in [0.05, 0.1) is 0 Å². The Kier molecular flexibility index (Phi) is 1.68. The second kappa shape index (κ2) is 2.31. The molecule has 0 aromatic heterocycles. The van der Waals surface area contributed by atoms with Crippen molar-refractivity contribution in [2.75, 3.05) is 13.2 Å². The lowest BCUT2D eigenvalue weighted by atomic mass is 10.6. The lowest BCUT2D eigenvalue weighted by Crippen LogP contribution is -2.09. The van der Waals surface area contributed by atoms with Gasteiger partial charge >= 0.3 is 0 Å². The summed E-state index contributed by atoms with van der Waals surface area (Å²) in [4.78, 5) is 0. The molecular weight excluding hydrogens is 124 g/mol. The fourth-order valence-corrected chi connectivity index (χ4v) is 0.652. The lowest BCUT2D eigenvalue weighted by molar-refractivity contribution is 0.0796. The van der Waals surface area contributed by atoms with Crippen molar-refractivity contribution in [2.45, 2.75) is 6.92 Å². The van der Waals surface area contributed by atoms with Crippen LogP contribution in [0.25, 0.3) is 0 Å². The summed E-state index contributed by atoms with van der Waals surface area (Å²) < 4.78 is 10.1. The normalized spacial score (nSPS) is 19.8. The zero-order valence-corrected chi connectivity index (χ0v) is 5.57. The Morgan fingerprint density at radius 2 is 2.00 bits per heavy atom. The van der Waals surface area contributed by atoms with Crippen molar-refractivity contribution in [3.05, 3.63) is 10.9 Å². The van der Waals surface area contributed by atoms with Gasteiger partial charge in [-0.3, -0.25) is 0 Å². The van der Waals surface area contributed by atoms with Crippen molar-refractivity contribution < 1.29 is 9.47 Å². The Morgan fingerprint density at radius 1 is 1.38 bits per heavy atom. The summed E-state index contributed by atoms with van der Waals surface area (Å²) in [6.45, 7) is 3.10. The topological polar surface area (TPSA) is 18.5 Å². The smallest absolute Gasteiger partial charge is 0.187 e. The summed E-state index contributed by atoms with van der Waals surface area (Å²) in [5, 5.41) is 0.608. The minimum Gasteiger partial charge on any atom is -0.490 e. The molecule has 0 bridgehead atoms. The zero-order valence-electron chi connectivity index (χ0n) is 4.68. The first-order chi connectivity index (χ1) is 3.80. The number of hydrogen-bond acceptors (Lipinski definition) is 3. The van der Waals surface area contributed by atoms with Crippen LogP contribution >= 0.6 is 12.6 Å². The maximum Gasteiger partial charge on any atom is 0.187 e. The summed E-state index contributed by atoms with van der Waals surface area (Å²) in [6.07, 6.45) is 0. The number of hydrogen-bond donors (Lipinski definition) is 1. The fourth-order valence-electron chi connectivity index (χ4n) is 0.496. The van der Waals surface area contributed by atoms with Crippen molar-refractivity contribution in [1.82, 2.24) is 0 Å². The highest BCUT2D eigenvalue weighted by Crippen LogP contribution is 2.14. The van der Waals surface area contributed by atoms with Crippen LogP contribution in [0.2, 0.25) is 0 Å². The molecule has 8 heavy (non-hydrogen) atoms. The summed E-state index contributed by atoms with van der Waals surface area (Å²) >= 11 is 3.99. The maximum atomic E-state index is 5.07. The Labute approximate surface area is 53.9 Å². The van der Waals surface area contributed by atoms with Crippen LogP contribution in [0, 0.1) is 0 Å². The molecule has 1 rings (SSSR count). The molecule has 0 amide bonds. The minimum absolute atomic E-state index is 0.608. The highest BCUT2D eigenvalue weighted by atomic mass is 32.1. The van der Waals surface area contributed by atoms with Gasteiger partial charge in [0.15, 0.2) is 5.09 Å². The molecule has 1 aliphatic heterocycles. The Hall–Kier alpha value is -0.310. The van der Waals surface area contributed by atoms with Gasteiger partial charge in [0, 0.05) is 0 Å². The van der Waals surface area contributed by atoms with Crippen LogP contribution in [0.3, 0.4) is 0 Å². The average Bonchev–Trinajstić information content (AvgIpc) is 1.77. The number of thiol groups is 1. The first-order valence-corrected chi connectivity index (χ1v) is 2.91. The van der Waals surface area contributed by atoms with E-state index in [9.17, 15) is 0 Å². The van der Waals surface area contributed by atoms with E-state index in [2.05, 4.69) is 12.6 Å². The van der Waals surface area contributed by atoms with E-state index in [-0.39, 0.29) is 0 Å². The van der Waals surface area contributed by atoms with Gasteiger partial charge in [0.25, 0.3) is 0 Å². The highest BCUT2D eigenvalue weighted by molar-refractivity contribution is 7.84. The number of allylic oxidation sites excluding steroid dienone is 1. The van der Waals surface area contributed by atoms with Crippen LogP contribution in [0.4, 0.5) is 0 Å². The van der Waals surface area contributed by atoms with Gasteiger partial charge in [-0.2, -0.15) is 0 Å². The molecule has 1 aliphatic rings. The molecule has 46 valence electrons. The van der Waals surface area contributed by atoms with Crippen molar-refractivity contribution in [2.24, 2.45) is 0 Å². The van der Waals surface area contributed by atoms with Crippen molar-refractivity contribution in [3.8, 4) is 0 Å². The molecule has 0 radical (unpaired) electrons. The molecule has 0 saturated heterocycles. The highest BCUT2D eigenvalue weighted by Gasteiger charge is 2.05. The molecule has 0 aromatic rings. The number of ether oxygens (including phenoxy) is 2. The predicted octanol–water partition coefficient (Wildman–Crippen LogP) is 1.15. The standard InChI is InChI=1S/C5H8O2S/c1-4-5(8)7-3-2-6-4/h8H,2-3H2,1H3. The fraction of sp³-hybridized carbons (Fsp3) is 0.600. The van der Waals surface area contributed by atoms with E-state index in [0.29, 0.717) is 18.3 Å². The van der Waals surface area contributed by atoms with Crippen LogP contribution in [-0.2, 0) is 9.47 Å². The van der Waals surface area contributed by atoms with Gasteiger partial charge in [-0.25, -0.2) is 0 Å². The van der Waals surface area contributed by atoms with Crippen LogP contribution in [-0.4, -0.2) is 13.2 Å². The summed E-state index contributed by atoms with van der Waals surface area (Å²) in [5.41, 5.74) is 0. The van der Waals surface area contributed by atoms with E-state index in [1.807, 2.05) is 6.92 Å². The molecule has 0 aliphatic carbocycles. The van der Waals surface area contributed by atoms with Gasteiger partial charge in [0.1, 0.15) is 19.0 Å². The van der Waals surface area contributed by atoms with Crippen LogP contribution in [0.1, 0.15) is 6.92 Å². The molecule has 0 spiro atoms. The van der Waals surface area contributed by atoms with E-state index in [0.717, 1.165) is 5.76 Å². The molecule has 3 heteroatoms. The molecule has 0 aromatic carbocycles. The molecular formula is C5H8O2S. The third-order valence-electron chi connectivity index (χ3n) is 0.942. The van der Waals surface area contributed by atoms with Gasteiger partial charge in [-0.15, -0.1) is 12.6 Å². The van der Waals surface area contributed by atoms with Crippen LogP contribution in [0.15, 0.2) is 10.9 Å². The summed E-state index contributed by atoms with van der Waals surface area (Å²) in [5.74, 6) is 0.777. The predicted molar refractivity (Wildman–Crippen MR) is 33.6 cm³/mol. The van der Waals surface area contributed by atoms with E-state index in [4.69, 9.17) is 9.47 Å². The van der Waals surface area contributed by atoms with Crippen molar-refractivity contribution in [3.63, 3.8) is 0 Å². The van der Waals surface area contributed by atoms with Gasteiger partial charge in [-0.05, 0) is 6.92 Å². The summed E-state index contributed by atoms with van der Waals surface area (Å²) in [7, 11) is 0. The van der Waals surface area contributed by atoms with E-state index in [1.165, 1.54) is 0 Å². The van der Waals surface area contributed by atoms with Crippen LogP contribution in [0.5, 0.6) is 0 Å². The molecule has 0 N–H and O–H groups in total. The van der Waals surface area contributed by atoms with E-state index >= 15 is 0 Å². The van der Waals surface area contributed by atoms with Crippen molar-refractivity contribution >= 4 is 12.6 Å². The number of rotatable bonds is 0. The molecule has 0 unspecified atom stereocenters. The Morgan fingerprint density at radius 3 is 2.38 bits per heavy atom. The molecule has 1 heterocycles. The second-order valence-electron chi connectivity index (χ2n) is 1.56. The van der Waals surface area contributed by atoms with Crippen molar-refractivity contribution in [1.29, 1.82) is 0 Å². The monoisotopic (exact) mass is 132 g/mol. The second-order valence-corrected chi connectivity index (χ2v) is 1.96. The SMILES string of the molecule is CC1=C(S)OCCO1. The largest absolute Gasteiger partial charge is 0.490 e. The molecule has 2 nitrogen and oxygen atoms in total. The molecule has 0 fully saturated rings. The maximum absolute atomic E-state index is 5.07. The first kappa shape index (κ1) is 5.82. The summed E-state index contributed by atoms with van der Waals surface area (Å²) in [6, 6.07) is 0. The van der Waals surface area contributed by atoms with E-state index < -0.39 is 0 Å². The van der Waals surface area contributed by atoms with E-state index in [1.54, 1.807) is 0 Å². The Bertz CT molecular complexity index is 106. The zero-order chi connectivity index (χ0) is 5.98. The van der Waals surface area contributed by atoms with Crippen LogP contribution < -0.4 is 0 Å². The Balaban J connectivity index is 2.60. The molecule has 0 saturated carbocycles. The third kappa shape index (κ3) is 1.10. The molecule has 0 atom stereocenters. The lowest BCUT2D eigenvalue weighted by Gasteiger charge is -2.15. The quantitative estimate of drug-likeness (QED) is 0.498.